The highest BCUT2D eigenvalue weighted by Crippen LogP contribution is 2.17. The van der Waals surface area contributed by atoms with E-state index >= 15 is 0 Å². The fraction of sp³-hybridized carbons (Fsp3) is 0.556. The highest BCUT2D eigenvalue weighted by atomic mass is 32.2. The molecule has 17 heavy (non-hydrogen) atoms. The molecule has 0 fully saturated rings. The number of hydrogen-bond donors (Lipinski definition) is 1. The van der Waals surface area contributed by atoms with Gasteiger partial charge in [0.25, 0.3) is 0 Å². The minimum Gasteiger partial charge on any atom is -0.468 e. The number of esters is 1. The number of halogens is 2. The molecule has 8 heteroatoms. The molecule has 1 heterocycles. The largest absolute Gasteiger partial charge is 0.468 e. The first-order valence-corrected chi connectivity index (χ1v) is 5.92. The van der Waals surface area contributed by atoms with E-state index in [1.54, 1.807) is 0 Å². The van der Waals surface area contributed by atoms with Crippen molar-refractivity contribution in [3.05, 3.63) is 18.2 Å². The van der Waals surface area contributed by atoms with E-state index < -0.39 is 18.6 Å². The van der Waals surface area contributed by atoms with E-state index in [1.165, 1.54) is 31.3 Å². The zero-order chi connectivity index (χ0) is 12.8. The van der Waals surface area contributed by atoms with Crippen LogP contribution >= 0.6 is 11.8 Å². The lowest BCUT2D eigenvalue weighted by molar-refractivity contribution is -0.141. The number of thioether (sulfide) groups is 1. The smallest absolute Gasteiger partial charge is 0.323 e. The van der Waals surface area contributed by atoms with E-state index in [0.717, 1.165) is 4.57 Å². The first-order chi connectivity index (χ1) is 8.06. The summed E-state index contributed by atoms with van der Waals surface area (Å²) < 4.78 is 30.1. The Morgan fingerprint density at radius 2 is 2.41 bits per heavy atom. The summed E-state index contributed by atoms with van der Waals surface area (Å²) in [5, 5.41) is 0. The number of carbonyl (C=O) groups is 1. The number of imidazole rings is 1. The van der Waals surface area contributed by atoms with Gasteiger partial charge in [0.1, 0.15) is 11.9 Å². The second kappa shape index (κ2) is 6.55. The summed E-state index contributed by atoms with van der Waals surface area (Å²) in [5.41, 5.74) is 5.49. The van der Waals surface area contributed by atoms with E-state index in [9.17, 15) is 13.6 Å². The van der Waals surface area contributed by atoms with E-state index in [2.05, 4.69) is 9.72 Å². The molecule has 0 saturated heterocycles. The van der Waals surface area contributed by atoms with Crippen LogP contribution in [-0.4, -0.2) is 34.4 Å². The summed E-state index contributed by atoms with van der Waals surface area (Å²) in [7, 11) is 1.25. The number of hydrogen-bond acceptors (Lipinski definition) is 5. The number of alkyl halides is 2. The van der Waals surface area contributed by atoms with Crippen LogP contribution in [0.2, 0.25) is 0 Å². The van der Waals surface area contributed by atoms with Crippen molar-refractivity contribution in [1.82, 2.24) is 9.55 Å². The number of ether oxygens (including phenoxy) is 1. The minimum absolute atomic E-state index is 0.252. The Morgan fingerprint density at radius 1 is 1.71 bits per heavy atom. The van der Waals surface area contributed by atoms with Crippen molar-refractivity contribution in [1.29, 1.82) is 0 Å². The van der Waals surface area contributed by atoms with Gasteiger partial charge >= 0.3 is 12.5 Å². The van der Waals surface area contributed by atoms with E-state index in [4.69, 9.17) is 5.73 Å². The lowest BCUT2D eigenvalue weighted by Crippen LogP contribution is -2.33. The molecule has 5 nitrogen and oxygen atoms in total. The fourth-order valence-electron chi connectivity index (χ4n) is 1.13. The quantitative estimate of drug-likeness (QED) is 0.777. The molecule has 0 radical (unpaired) electrons. The zero-order valence-corrected chi connectivity index (χ0v) is 9.99. The molecule has 1 aromatic rings. The topological polar surface area (TPSA) is 70.1 Å². The van der Waals surface area contributed by atoms with Crippen molar-refractivity contribution in [3.63, 3.8) is 0 Å². The van der Waals surface area contributed by atoms with Gasteiger partial charge in [-0.2, -0.15) is 20.5 Å². The van der Waals surface area contributed by atoms with Crippen LogP contribution in [0.15, 0.2) is 12.4 Å². The Labute approximate surface area is 101 Å². The molecule has 0 bridgehead atoms. The van der Waals surface area contributed by atoms with Gasteiger partial charge in [-0.15, -0.1) is 0 Å². The van der Waals surface area contributed by atoms with Gasteiger partial charge in [0.05, 0.1) is 12.9 Å². The molecule has 2 N–H and O–H groups in total. The van der Waals surface area contributed by atoms with E-state index in [0.29, 0.717) is 5.75 Å². The van der Waals surface area contributed by atoms with Crippen LogP contribution in [0.5, 0.6) is 0 Å². The highest BCUT2D eigenvalue weighted by Gasteiger charge is 2.15. The monoisotopic (exact) mass is 265 g/mol. The van der Waals surface area contributed by atoms with Crippen LogP contribution in [0.1, 0.15) is 12.4 Å². The van der Waals surface area contributed by atoms with Crippen molar-refractivity contribution in [2.24, 2.45) is 5.73 Å². The van der Waals surface area contributed by atoms with Gasteiger partial charge in [0, 0.05) is 18.1 Å². The molecule has 0 aliphatic carbocycles. The number of aromatic nitrogens is 2. The van der Waals surface area contributed by atoms with Crippen molar-refractivity contribution in [3.8, 4) is 0 Å². The summed E-state index contributed by atoms with van der Waals surface area (Å²) >= 11 is 1.25. The number of nitrogens with two attached hydrogens (primary N) is 1. The second-order valence-corrected chi connectivity index (χ2v) is 4.20. The van der Waals surface area contributed by atoms with Crippen molar-refractivity contribution in [2.45, 2.75) is 18.3 Å². The number of nitrogens with zero attached hydrogens (tertiary/aromatic N) is 2. The molecule has 0 aliphatic heterocycles. The first-order valence-electron chi connectivity index (χ1n) is 4.77. The Morgan fingerprint density at radius 3 is 3.00 bits per heavy atom. The summed E-state index contributed by atoms with van der Waals surface area (Å²) in [6.07, 6.45) is 2.52. The Balaban J connectivity index is 2.41. The minimum atomic E-state index is -2.61. The molecule has 1 rings (SSSR count). The van der Waals surface area contributed by atoms with Crippen molar-refractivity contribution < 1.29 is 18.3 Å². The summed E-state index contributed by atoms with van der Waals surface area (Å²) in [6, 6.07) is -0.750. The Bertz CT molecular complexity index is 373. The van der Waals surface area contributed by atoms with Crippen molar-refractivity contribution in [2.75, 3.05) is 12.9 Å². The molecule has 0 spiro atoms. The Hall–Kier alpha value is -1.15. The van der Waals surface area contributed by atoms with Gasteiger partial charge in [-0.25, -0.2) is 4.98 Å². The number of carbonyl (C=O) groups excluding carboxylic acids is 1. The lowest BCUT2D eigenvalue weighted by atomic mass is 10.4. The zero-order valence-electron chi connectivity index (χ0n) is 9.18. The fourth-order valence-corrected chi connectivity index (χ4v) is 2.04. The van der Waals surface area contributed by atoms with E-state index in [-0.39, 0.29) is 11.6 Å². The maximum absolute atomic E-state index is 12.4. The molecule has 0 aromatic carbocycles. The van der Waals surface area contributed by atoms with Gasteiger partial charge in [-0.05, 0) is 0 Å². The average Bonchev–Trinajstić information content (AvgIpc) is 2.76. The normalized spacial score (nSPS) is 12.8. The predicted octanol–water partition coefficient (Wildman–Crippen LogP) is 1.01. The number of methoxy groups -OCH3 is 1. The van der Waals surface area contributed by atoms with Crippen LogP contribution < -0.4 is 5.73 Å². The second-order valence-electron chi connectivity index (χ2n) is 3.17. The molecule has 1 unspecified atom stereocenters. The summed E-state index contributed by atoms with van der Waals surface area (Å²) in [4.78, 5) is 14.8. The molecular formula is C9H13F2N3O2S. The molecule has 1 atom stereocenters. The molecular weight excluding hydrogens is 252 g/mol. The van der Waals surface area contributed by atoms with Crippen LogP contribution in [0.3, 0.4) is 0 Å². The van der Waals surface area contributed by atoms with Gasteiger partial charge in [0.15, 0.2) is 0 Å². The number of rotatable bonds is 6. The SMILES string of the molecule is COC(=O)C(N)CSCc1nccn1C(F)F. The maximum atomic E-state index is 12.4. The summed E-state index contributed by atoms with van der Waals surface area (Å²) in [5.74, 6) is 0.293. The van der Waals surface area contributed by atoms with Crippen LogP contribution in [0.25, 0.3) is 0 Å². The lowest BCUT2D eigenvalue weighted by Gasteiger charge is -2.09. The summed E-state index contributed by atoms with van der Waals surface area (Å²) in [6.45, 7) is -2.61. The van der Waals surface area contributed by atoms with Gasteiger partial charge in [-0.1, -0.05) is 0 Å². The molecule has 0 aliphatic rings. The van der Waals surface area contributed by atoms with Crippen molar-refractivity contribution >= 4 is 17.7 Å². The van der Waals surface area contributed by atoms with Crippen LogP contribution in [-0.2, 0) is 15.3 Å². The van der Waals surface area contributed by atoms with Gasteiger partial charge in [-0.3, -0.25) is 9.36 Å². The van der Waals surface area contributed by atoms with Crippen LogP contribution in [0.4, 0.5) is 8.78 Å². The standard InChI is InChI=1S/C9H13F2N3O2S/c1-16-8(15)6(12)4-17-5-7-13-2-3-14(7)9(10)11/h2-3,6,9H,4-5,12H2,1H3. The predicted molar refractivity (Wildman–Crippen MR) is 59.6 cm³/mol. The van der Waals surface area contributed by atoms with Gasteiger partial charge in [0.2, 0.25) is 0 Å². The first kappa shape index (κ1) is 13.9. The third-order valence-corrected chi connectivity index (χ3v) is 3.05. The Kier molecular flexibility index (Phi) is 5.36. The molecule has 0 amide bonds. The van der Waals surface area contributed by atoms with Crippen LogP contribution in [0, 0.1) is 0 Å². The third-order valence-electron chi connectivity index (χ3n) is 1.99. The van der Waals surface area contributed by atoms with Gasteiger partial charge < -0.3 is 10.5 Å². The molecule has 1 aromatic heterocycles. The molecule has 96 valence electrons. The third kappa shape index (κ3) is 3.97. The molecule has 0 saturated carbocycles. The van der Waals surface area contributed by atoms with E-state index in [1.807, 2.05) is 0 Å². The highest BCUT2D eigenvalue weighted by molar-refractivity contribution is 7.98. The maximum Gasteiger partial charge on any atom is 0.323 e. The average molecular weight is 265 g/mol.